The van der Waals surface area contributed by atoms with Crippen molar-refractivity contribution in [1.29, 1.82) is 0 Å². The maximum atomic E-state index is 3.62. The third kappa shape index (κ3) is 9.48. The van der Waals surface area contributed by atoms with E-state index >= 15 is 0 Å². The highest BCUT2D eigenvalue weighted by Gasteiger charge is 1.79. The summed E-state index contributed by atoms with van der Waals surface area (Å²) in [6, 6.07) is 0. The number of hydrogen-bond donors (Lipinski definition) is 0. The molecule has 0 aliphatic heterocycles. The van der Waals surface area contributed by atoms with Gasteiger partial charge in [0.25, 0.3) is 0 Å². The molecule has 0 saturated carbocycles. The van der Waals surface area contributed by atoms with Crippen molar-refractivity contribution in [3.05, 3.63) is 31.2 Å². The van der Waals surface area contributed by atoms with E-state index in [9.17, 15) is 0 Å². The molecule has 0 heteroatoms. The molecule has 63 valence electrons. The van der Waals surface area contributed by atoms with Gasteiger partial charge in [0.15, 0.2) is 0 Å². The Hall–Kier alpha value is -0.520. The van der Waals surface area contributed by atoms with Crippen LogP contribution < -0.4 is 0 Å². The standard InChI is InChI=1S/C11H19/c1-3-5-7-9-11-10-8-6-4-2/h3,5,9,11H,1,4,6-8,10H2,2H3/b5-3+,11-9-. The highest BCUT2D eigenvalue weighted by atomic mass is 13.9. The summed E-state index contributed by atoms with van der Waals surface area (Å²) in [5.74, 6) is 0. The lowest BCUT2D eigenvalue weighted by molar-refractivity contribution is 0.728. The SMILES string of the molecule is [CH2]/C=C/C/C=C\CCCCC. The minimum atomic E-state index is 1.04. The second-order valence-corrected chi connectivity index (χ2v) is 2.67. The van der Waals surface area contributed by atoms with E-state index in [0.717, 1.165) is 6.42 Å². The van der Waals surface area contributed by atoms with Crippen LogP contribution in [0.25, 0.3) is 0 Å². The van der Waals surface area contributed by atoms with Crippen molar-refractivity contribution < 1.29 is 0 Å². The Morgan fingerprint density at radius 3 is 2.55 bits per heavy atom. The van der Waals surface area contributed by atoms with E-state index in [1.54, 1.807) is 0 Å². The predicted molar refractivity (Wildman–Crippen MR) is 52.4 cm³/mol. The molecular weight excluding hydrogens is 132 g/mol. The van der Waals surface area contributed by atoms with Crippen molar-refractivity contribution >= 4 is 0 Å². The maximum Gasteiger partial charge on any atom is -0.0169 e. The molecule has 0 fully saturated rings. The molecule has 0 unspecified atom stereocenters. The first-order chi connectivity index (χ1) is 5.41. The molecule has 11 heavy (non-hydrogen) atoms. The number of allylic oxidation sites excluding steroid dienone is 4. The van der Waals surface area contributed by atoms with Gasteiger partial charge in [-0.3, -0.25) is 0 Å². The van der Waals surface area contributed by atoms with Crippen molar-refractivity contribution in [2.24, 2.45) is 0 Å². The van der Waals surface area contributed by atoms with E-state index in [1.807, 2.05) is 6.08 Å². The first-order valence-corrected chi connectivity index (χ1v) is 4.51. The summed E-state index contributed by atoms with van der Waals surface area (Å²) >= 11 is 0. The second kappa shape index (κ2) is 9.48. The molecule has 0 bridgehead atoms. The Bertz CT molecular complexity index is 109. The summed E-state index contributed by atoms with van der Waals surface area (Å²) in [5, 5.41) is 0. The molecule has 0 aromatic heterocycles. The lowest BCUT2D eigenvalue weighted by Crippen LogP contribution is -1.70. The molecule has 0 aromatic carbocycles. The number of rotatable bonds is 6. The Kier molecular flexibility index (Phi) is 9.03. The fourth-order valence-electron chi connectivity index (χ4n) is 0.901. The molecule has 0 aliphatic rings. The van der Waals surface area contributed by atoms with E-state index < -0.39 is 0 Å². The molecule has 0 rings (SSSR count). The van der Waals surface area contributed by atoms with Crippen LogP contribution in [0.4, 0.5) is 0 Å². The van der Waals surface area contributed by atoms with Gasteiger partial charge in [0, 0.05) is 0 Å². The molecule has 0 aromatic rings. The van der Waals surface area contributed by atoms with Gasteiger partial charge in [0.1, 0.15) is 0 Å². The van der Waals surface area contributed by atoms with Crippen molar-refractivity contribution in [1.82, 2.24) is 0 Å². The molecule has 0 amide bonds. The smallest absolute Gasteiger partial charge is 0.0169 e. The summed E-state index contributed by atoms with van der Waals surface area (Å²) in [6.45, 7) is 5.85. The Morgan fingerprint density at radius 1 is 1.09 bits per heavy atom. The van der Waals surface area contributed by atoms with E-state index in [1.165, 1.54) is 25.7 Å². The van der Waals surface area contributed by atoms with Crippen LogP contribution in [-0.4, -0.2) is 0 Å². The maximum absolute atomic E-state index is 3.62. The topological polar surface area (TPSA) is 0 Å². The van der Waals surface area contributed by atoms with Crippen molar-refractivity contribution in [3.63, 3.8) is 0 Å². The zero-order valence-corrected chi connectivity index (χ0v) is 7.55. The molecule has 0 nitrogen and oxygen atoms in total. The molecule has 0 atom stereocenters. The van der Waals surface area contributed by atoms with Crippen LogP contribution >= 0.6 is 0 Å². The number of unbranched alkanes of at least 4 members (excludes halogenated alkanes) is 3. The average molecular weight is 151 g/mol. The van der Waals surface area contributed by atoms with E-state index in [0.29, 0.717) is 0 Å². The first-order valence-electron chi connectivity index (χ1n) is 4.51. The summed E-state index contributed by atoms with van der Waals surface area (Å²) in [4.78, 5) is 0. The van der Waals surface area contributed by atoms with Crippen molar-refractivity contribution in [2.75, 3.05) is 0 Å². The predicted octanol–water partition coefficient (Wildman–Crippen LogP) is 3.90. The van der Waals surface area contributed by atoms with Gasteiger partial charge >= 0.3 is 0 Å². The van der Waals surface area contributed by atoms with Gasteiger partial charge in [-0.1, -0.05) is 44.1 Å². The second-order valence-electron chi connectivity index (χ2n) is 2.67. The molecule has 1 radical (unpaired) electrons. The highest BCUT2D eigenvalue weighted by molar-refractivity contribution is 4.93. The van der Waals surface area contributed by atoms with Gasteiger partial charge < -0.3 is 0 Å². The Balaban J connectivity index is 3.03. The quantitative estimate of drug-likeness (QED) is 0.399. The minimum Gasteiger partial charge on any atom is -0.0882 e. The van der Waals surface area contributed by atoms with Crippen molar-refractivity contribution in [2.45, 2.75) is 39.0 Å². The fourth-order valence-corrected chi connectivity index (χ4v) is 0.901. The van der Waals surface area contributed by atoms with Crippen LogP contribution in [0.15, 0.2) is 24.3 Å². The lowest BCUT2D eigenvalue weighted by atomic mass is 10.2. The Labute approximate surface area is 71.0 Å². The van der Waals surface area contributed by atoms with Gasteiger partial charge in [-0.2, -0.15) is 0 Å². The summed E-state index contributed by atoms with van der Waals surface area (Å²) in [6.07, 6.45) is 14.7. The van der Waals surface area contributed by atoms with E-state index in [-0.39, 0.29) is 0 Å². The normalized spacial score (nSPS) is 11.8. The van der Waals surface area contributed by atoms with Crippen LogP contribution in [0, 0.1) is 6.92 Å². The van der Waals surface area contributed by atoms with Crippen LogP contribution in [0.1, 0.15) is 39.0 Å². The molecule has 0 heterocycles. The van der Waals surface area contributed by atoms with Crippen LogP contribution in [0.2, 0.25) is 0 Å². The highest BCUT2D eigenvalue weighted by Crippen LogP contribution is 2.00. The Morgan fingerprint density at radius 2 is 1.91 bits per heavy atom. The monoisotopic (exact) mass is 151 g/mol. The molecule has 0 N–H and O–H groups in total. The van der Waals surface area contributed by atoms with Crippen LogP contribution in [-0.2, 0) is 0 Å². The van der Waals surface area contributed by atoms with E-state index in [2.05, 4.69) is 32.1 Å². The first kappa shape index (κ1) is 10.5. The lowest BCUT2D eigenvalue weighted by Gasteiger charge is -1.90. The molecule has 0 saturated heterocycles. The molecule has 0 aliphatic carbocycles. The molecular formula is C11H19. The van der Waals surface area contributed by atoms with Crippen LogP contribution in [0.5, 0.6) is 0 Å². The molecule has 0 spiro atoms. The summed E-state index contributed by atoms with van der Waals surface area (Å²) in [7, 11) is 0. The third-order valence-corrected chi connectivity index (χ3v) is 1.58. The summed E-state index contributed by atoms with van der Waals surface area (Å²) < 4.78 is 0. The van der Waals surface area contributed by atoms with Gasteiger partial charge in [0.05, 0.1) is 0 Å². The van der Waals surface area contributed by atoms with Crippen molar-refractivity contribution in [3.8, 4) is 0 Å². The summed E-state index contributed by atoms with van der Waals surface area (Å²) in [5.41, 5.74) is 0. The fraction of sp³-hybridized carbons (Fsp3) is 0.545. The number of hydrogen-bond acceptors (Lipinski definition) is 0. The third-order valence-electron chi connectivity index (χ3n) is 1.58. The average Bonchev–Trinajstić information content (AvgIpc) is 2.03. The van der Waals surface area contributed by atoms with Gasteiger partial charge in [0.2, 0.25) is 0 Å². The largest absolute Gasteiger partial charge is 0.0882 e. The van der Waals surface area contributed by atoms with Gasteiger partial charge in [-0.15, -0.1) is 0 Å². The van der Waals surface area contributed by atoms with E-state index in [4.69, 9.17) is 0 Å². The van der Waals surface area contributed by atoms with Gasteiger partial charge in [-0.25, -0.2) is 0 Å². The zero-order chi connectivity index (χ0) is 8.36. The van der Waals surface area contributed by atoms with Crippen LogP contribution in [0.3, 0.4) is 0 Å². The zero-order valence-electron chi connectivity index (χ0n) is 7.55. The van der Waals surface area contributed by atoms with Gasteiger partial charge in [-0.05, 0) is 26.2 Å². The minimum absolute atomic E-state index is 1.04.